The highest BCUT2D eigenvalue weighted by Crippen LogP contribution is 2.35. The van der Waals surface area contributed by atoms with Crippen LogP contribution in [0.1, 0.15) is 44.9 Å². The van der Waals surface area contributed by atoms with Gasteiger partial charge in [-0.1, -0.05) is 35.4 Å². The van der Waals surface area contributed by atoms with E-state index in [1.807, 2.05) is 17.1 Å². The molecule has 152 valence electrons. The fraction of sp³-hybridized carbons (Fsp3) is 0.700. The van der Waals surface area contributed by atoms with Crippen molar-refractivity contribution in [1.29, 1.82) is 0 Å². The maximum absolute atomic E-state index is 10.5. The summed E-state index contributed by atoms with van der Waals surface area (Å²) < 4.78 is 6.61. The number of hydrogen-bond donors (Lipinski definition) is 2. The Morgan fingerprint density at radius 2 is 1.85 bits per heavy atom. The first-order valence-corrected chi connectivity index (χ1v) is 11.3. The monoisotopic (exact) mass is 413 g/mol. The lowest BCUT2D eigenvalue weighted by Crippen LogP contribution is -2.41. The zero-order chi connectivity index (χ0) is 19.1. The van der Waals surface area contributed by atoms with Crippen LogP contribution >= 0.6 is 23.5 Å². The van der Waals surface area contributed by atoms with Crippen LogP contribution in [0.4, 0.5) is 0 Å². The molecule has 0 aromatic heterocycles. The molecule has 1 aromatic rings. The van der Waals surface area contributed by atoms with Crippen molar-refractivity contribution in [2.75, 3.05) is 33.3 Å². The van der Waals surface area contributed by atoms with E-state index in [4.69, 9.17) is 16.3 Å². The first-order chi connectivity index (χ1) is 13.2. The van der Waals surface area contributed by atoms with Gasteiger partial charge in [0.15, 0.2) is 0 Å². The van der Waals surface area contributed by atoms with Crippen LogP contribution in [-0.4, -0.2) is 48.1 Å². The number of piperidine rings is 2. The number of nitrogens with one attached hydrogen (secondary N) is 1. The summed E-state index contributed by atoms with van der Waals surface area (Å²) in [4.78, 5) is 0.816. The topological polar surface area (TPSA) is 48.0 Å². The Morgan fingerprint density at radius 3 is 2.52 bits per heavy atom. The van der Waals surface area contributed by atoms with Gasteiger partial charge >= 0.3 is 0 Å². The van der Waals surface area contributed by atoms with E-state index < -0.39 is 0 Å². The third kappa shape index (κ3) is 6.51. The summed E-state index contributed by atoms with van der Waals surface area (Å²) >= 11 is 7.33. The predicted molar refractivity (Wildman–Crippen MR) is 111 cm³/mol. The third-order valence-corrected chi connectivity index (χ3v) is 6.97. The van der Waals surface area contributed by atoms with Crippen LogP contribution < -0.4 is 10.1 Å². The van der Waals surface area contributed by atoms with Crippen molar-refractivity contribution in [3.63, 3.8) is 0 Å². The lowest BCUT2D eigenvalue weighted by Gasteiger charge is -2.35. The first-order valence-electron chi connectivity index (χ1n) is 10.1. The van der Waals surface area contributed by atoms with Gasteiger partial charge in [0.25, 0.3) is 0 Å². The molecule has 1 aromatic carbocycles. The Hall–Kier alpha value is -0.500. The maximum atomic E-state index is 10.5. The number of benzene rings is 1. The van der Waals surface area contributed by atoms with Crippen LogP contribution in [-0.2, 0) is 0 Å². The fourth-order valence-corrected chi connectivity index (χ4v) is 5.22. The van der Waals surface area contributed by atoms with Gasteiger partial charge in [0.05, 0.1) is 12.0 Å². The van der Waals surface area contributed by atoms with E-state index in [2.05, 4.69) is 5.32 Å². The predicted octanol–water partition coefficient (Wildman–Crippen LogP) is 4.84. The van der Waals surface area contributed by atoms with Crippen LogP contribution in [0.15, 0.2) is 23.1 Å². The van der Waals surface area contributed by atoms with Crippen molar-refractivity contribution >= 4 is 23.5 Å². The van der Waals surface area contributed by atoms with Gasteiger partial charge in [-0.05, 0) is 68.8 Å². The zero-order valence-corrected chi connectivity index (χ0v) is 17.8. The number of methoxy groups -OCH3 is 1. The van der Waals surface area contributed by atoms with E-state index in [0.29, 0.717) is 5.02 Å². The van der Waals surface area contributed by atoms with Crippen molar-refractivity contribution < 1.29 is 9.94 Å². The van der Waals surface area contributed by atoms with E-state index in [0.717, 1.165) is 48.4 Å². The molecule has 2 saturated heterocycles. The summed E-state index contributed by atoms with van der Waals surface area (Å²) in [7, 11) is 1.63. The van der Waals surface area contributed by atoms with Gasteiger partial charge in [-0.2, -0.15) is 0 Å². The molecule has 2 heterocycles. The molecule has 2 aliphatic heterocycles. The Bertz CT molecular complexity index is 578. The van der Waals surface area contributed by atoms with Crippen LogP contribution in [0.25, 0.3) is 0 Å². The number of nitrogens with zero attached hydrogens (tertiary/aromatic N) is 2. The summed E-state index contributed by atoms with van der Waals surface area (Å²) in [6.45, 7) is 4.18. The summed E-state index contributed by atoms with van der Waals surface area (Å²) in [6, 6.07) is 5.44. The Labute approximate surface area is 172 Å². The number of ether oxygens (including phenoxy) is 1. The molecule has 7 heteroatoms. The van der Waals surface area contributed by atoms with Gasteiger partial charge in [0, 0.05) is 30.1 Å². The van der Waals surface area contributed by atoms with Crippen molar-refractivity contribution in [2.24, 2.45) is 11.8 Å². The molecule has 0 atom stereocenters. The summed E-state index contributed by atoms with van der Waals surface area (Å²) in [5.74, 6) is 2.45. The normalized spacial score (nSPS) is 20.3. The van der Waals surface area contributed by atoms with Gasteiger partial charge in [0.2, 0.25) is 0 Å². The molecule has 0 aliphatic carbocycles. The Balaban J connectivity index is 1.39. The standard InChI is InChI=1S/C20H32ClN3O2S/c1-26-19-6-5-18(21)15-20(19)27-24(25)23-13-9-17(10-14-23)4-2-3-16-7-11-22-12-8-16/h5-6,15-17,22,25H,2-4,7-14H2,1H3. The van der Waals surface area contributed by atoms with Gasteiger partial charge in [-0.3, -0.25) is 5.21 Å². The average molecular weight is 414 g/mol. The average Bonchev–Trinajstić information content (AvgIpc) is 2.69. The second-order valence-corrected chi connectivity index (χ2v) is 9.05. The minimum absolute atomic E-state index is 0.638. The van der Waals surface area contributed by atoms with Crippen molar-refractivity contribution in [3.05, 3.63) is 23.2 Å². The van der Waals surface area contributed by atoms with Crippen molar-refractivity contribution in [2.45, 2.75) is 49.8 Å². The van der Waals surface area contributed by atoms with Gasteiger partial charge in [-0.25, -0.2) is 5.01 Å². The molecule has 0 bridgehead atoms. The molecule has 2 aliphatic rings. The highest BCUT2D eigenvalue weighted by atomic mass is 35.5. The van der Waals surface area contributed by atoms with Crippen LogP contribution in [0.2, 0.25) is 5.02 Å². The quantitative estimate of drug-likeness (QED) is 0.469. The maximum Gasteiger partial charge on any atom is 0.133 e. The second-order valence-electron chi connectivity index (χ2n) is 7.66. The third-order valence-electron chi connectivity index (χ3n) is 5.82. The largest absolute Gasteiger partial charge is 0.496 e. The molecule has 0 saturated carbocycles. The highest BCUT2D eigenvalue weighted by molar-refractivity contribution is 7.96. The Kier molecular flexibility index (Phi) is 8.55. The molecule has 0 unspecified atom stereocenters. The van der Waals surface area contributed by atoms with E-state index in [-0.39, 0.29) is 0 Å². The molecule has 3 rings (SSSR count). The SMILES string of the molecule is COc1ccc(Cl)cc1SN(O)N1CCC(CCCC2CCNCC2)CC1. The molecule has 27 heavy (non-hydrogen) atoms. The van der Waals surface area contributed by atoms with Gasteiger partial charge in [0.1, 0.15) is 5.75 Å². The van der Waals surface area contributed by atoms with E-state index in [1.54, 1.807) is 13.2 Å². The van der Waals surface area contributed by atoms with E-state index in [1.165, 1.54) is 61.7 Å². The lowest BCUT2D eigenvalue weighted by molar-refractivity contribution is -0.168. The molecule has 2 fully saturated rings. The molecular formula is C20H32ClN3O2S. The van der Waals surface area contributed by atoms with Gasteiger partial charge in [-0.15, -0.1) is 0 Å². The number of halogens is 1. The number of hydrogen-bond acceptors (Lipinski definition) is 6. The molecule has 5 nitrogen and oxygen atoms in total. The summed E-state index contributed by atoms with van der Waals surface area (Å²) in [5.41, 5.74) is 0. The molecular weight excluding hydrogens is 382 g/mol. The van der Waals surface area contributed by atoms with Gasteiger partial charge < -0.3 is 10.1 Å². The van der Waals surface area contributed by atoms with E-state index >= 15 is 0 Å². The number of rotatable bonds is 8. The second kappa shape index (κ2) is 10.9. The lowest BCUT2D eigenvalue weighted by atomic mass is 9.87. The Morgan fingerprint density at radius 1 is 1.19 bits per heavy atom. The zero-order valence-electron chi connectivity index (χ0n) is 16.2. The van der Waals surface area contributed by atoms with Crippen molar-refractivity contribution in [1.82, 2.24) is 14.9 Å². The summed E-state index contributed by atoms with van der Waals surface area (Å²) in [6.07, 6.45) is 9.07. The smallest absolute Gasteiger partial charge is 0.133 e. The minimum atomic E-state index is 0.638. The first kappa shape index (κ1) is 21.2. The van der Waals surface area contributed by atoms with Crippen LogP contribution in [0.3, 0.4) is 0 Å². The van der Waals surface area contributed by atoms with E-state index in [9.17, 15) is 5.21 Å². The molecule has 0 spiro atoms. The van der Waals surface area contributed by atoms with Crippen LogP contribution in [0.5, 0.6) is 5.75 Å². The number of hydrazine groups is 1. The highest BCUT2D eigenvalue weighted by Gasteiger charge is 2.24. The molecule has 2 N–H and O–H groups in total. The fourth-order valence-electron chi connectivity index (χ4n) is 4.11. The molecule has 0 amide bonds. The molecule has 0 radical (unpaired) electrons. The minimum Gasteiger partial charge on any atom is -0.496 e. The summed E-state index contributed by atoms with van der Waals surface area (Å²) in [5, 5.41) is 16.6. The van der Waals surface area contributed by atoms with Crippen LogP contribution in [0, 0.1) is 11.8 Å². The van der Waals surface area contributed by atoms with Crippen molar-refractivity contribution in [3.8, 4) is 5.75 Å².